The third kappa shape index (κ3) is 3.58. The molecule has 0 fully saturated rings. The van der Waals surface area contributed by atoms with Gasteiger partial charge in [0.1, 0.15) is 5.82 Å². The Balaban J connectivity index is 2.17. The van der Waals surface area contributed by atoms with Crippen LogP contribution in [0.4, 0.5) is 10.1 Å². The first kappa shape index (κ1) is 15.0. The number of esters is 1. The molecule has 0 saturated heterocycles. The maximum absolute atomic E-state index is 13.5. The Kier molecular flexibility index (Phi) is 4.55. The van der Waals surface area contributed by atoms with Gasteiger partial charge in [-0.15, -0.1) is 0 Å². The summed E-state index contributed by atoms with van der Waals surface area (Å²) in [5.74, 6) is -1.59. The zero-order valence-corrected chi connectivity index (χ0v) is 11.8. The molecule has 0 aliphatic rings. The summed E-state index contributed by atoms with van der Waals surface area (Å²) in [5, 5.41) is 2.73. The fraction of sp³-hybridized carbons (Fsp3) is 0.0667. The number of carbonyl (C=O) groups excluding carboxylic acids is 2. The molecule has 0 atom stereocenters. The normalized spacial score (nSPS) is 10.0. The van der Waals surface area contributed by atoms with E-state index in [0.29, 0.717) is 10.6 Å². The molecule has 2 aromatic rings. The molecule has 0 saturated carbocycles. The van der Waals surface area contributed by atoms with Gasteiger partial charge in [-0.3, -0.25) is 4.79 Å². The van der Waals surface area contributed by atoms with Gasteiger partial charge in [-0.1, -0.05) is 11.6 Å². The standard InChI is InChI=1S/C15H11ClFNO3/c1-21-15(20)10-4-2-9(3-5-10)14(19)18-13-8-11(16)6-7-12(13)17/h2-8H,1H3,(H,18,19). The van der Waals surface area contributed by atoms with Crippen molar-refractivity contribution in [2.45, 2.75) is 0 Å². The molecule has 108 valence electrons. The molecular formula is C15H11ClFNO3. The van der Waals surface area contributed by atoms with Gasteiger partial charge >= 0.3 is 5.97 Å². The average molecular weight is 308 g/mol. The molecule has 2 rings (SSSR count). The van der Waals surface area contributed by atoms with Crippen molar-refractivity contribution < 1.29 is 18.7 Å². The van der Waals surface area contributed by atoms with E-state index in [1.807, 2.05) is 0 Å². The number of nitrogens with one attached hydrogen (secondary N) is 1. The third-order valence-corrected chi connectivity index (χ3v) is 2.98. The van der Waals surface area contributed by atoms with Crippen molar-refractivity contribution in [1.82, 2.24) is 0 Å². The molecule has 1 N–H and O–H groups in total. The molecule has 4 nitrogen and oxygen atoms in total. The van der Waals surface area contributed by atoms with Crippen LogP contribution in [0.1, 0.15) is 20.7 Å². The molecule has 0 bridgehead atoms. The van der Waals surface area contributed by atoms with Gasteiger partial charge in [-0.05, 0) is 42.5 Å². The van der Waals surface area contributed by atoms with Crippen molar-refractivity contribution in [3.05, 3.63) is 64.4 Å². The summed E-state index contributed by atoms with van der Waals surface area (Å²) in [5.41, 5.74) is 0.592. The second-order valence-electron chi connectivity index (χ2n) is 4.15. The lowest BCUT2D eigenvalue weighted by atomic mass is 10.1. The van der Waals surface area contributed by atoms with Gasteiger partial charge in [0.05, 0.1) is 18.4 Å². The molecule has 1 amide bonds. The summed E-state index contributed by atoms with van der Waals surface area (Å²) >= 11 is 5.75. The number of hydrogen-bond acceptors (Lipinski definition) is 3. The predicted octanol–water partition coefficient (Wildman–Crippen LogP) is 3.52. The van der Waals surface area contributed by atoms with Gasteiger partial charge < -0.3 is 10.1 Å². The summed E-state index contributed by atoms with van der Waals surface area (Å²) in [6, 6.07) is 9.67. The van der Waals surface area contributed by atoms with Crippen molar-refractivity contribution >= 4 is 29.2 Å². The number of carbonyl (C=O) groups is 2. The first-order valence-electron chi connectivity index (χ1n) is 5.96. The van der Waals surface area contributed by atoms with E-state index in [0.717, 1.165) is 6.07 Å². The topological polar surface area (TPSA) is 55.4 Å². The largest absolute Gasteiger partial charge is 0.465 e. The van der Waals surface area contributed by atoms with Gasteiger partial charge in [-0.2, -0.15) is 0 Å². The molecule has 0 heterocycles. The van der Waals surface area contributed by atoms with Crippen molar-refractivity contribution in [2.75, 3.05) is 12.4 Å². The number of ether oxygens (including phenoxy) is 1. The molecular weight excluding hydrogens is 297 g/mol. The Hall–Kier alpha value is -2.40. The van der Waals surface area contributed by atoms with E-state index in [9.17, 15) is 14.0 Å². The molecule has 0 spiro atoms. The highest BCUT2D eigenvalue weighted by molar-refractivity contribution is 6.31. The smallest absolute Gasteiger partial charge is 0.337 e. The predicted molar refractivity (Wildman–Crippen MR) is 77.1 cm³/mol. The van der Waals surface area contributed by atoms with E-state index in [4.69, 9.17) is 11.6 Å². The monoisotopic (exact) mass is 307 g/mol. The van der Waals surface area contributed by atoms with Crippen LogP contribution in [0, 0.1) is 5.82 Å². The molecule has 2 aromatic carbocycles. The van der Waals surface area contributed by atoms with Gasteiger partial charge in [0, 0.05) is 10.6 Å². The second kappa shape index (κ2) is 6.37. The Morgan fingerprint density at radius 3 is 2.33 bits per heavy atom. The molecule has 21 heavy (non-hydrogen) atoms. The van der Waals surface area contributed by atoms with Crippen molar-refractivity contribution in [3.8, 4) is 0 Å². The molecule has 0 unspecified atom stereocenters. The molecule has 0 radical (unpaired) electrons. The maximum atomic E-state index is 13.5. The van der Waals surface area contributed by atoms with E-state index < -0.39 is 17.7 Å². The number of amides is 1. The Labute approximate surface area is 125 Å². The third-order valence-electron chi connectivity index (χ3n) is 2.74. The lowest BCUT2D eigenvalue weighted by Gasteiger charge is -2.07. The van der Waals surface area contributed by atoms with Crippen LogP contribution in [0.15, 0.2) is 42.5 Å². The molecule has 0 aromatic heterocycles. The number of anilines is 1. The quantitative estimate of drug-likeness (QED) is 0.883. The van der Waals surface area contributed by atoms with Gasteiger partial charge in [-0.25, -0.2) is 9.18 Å². The molecule has 6 heteroatoms. The lowest BCUT2D eigenvalue weighted by molar-refractivity contribution is 0.0600. The van der Waals surface area contributed by atoms with Crippen LogP contribution in [-0.2, 0) is 4.74 Å². The summed E-state index contributed by atoms with van der Waals surface area (Å²) < 4.78 is 18.1. The first-order chi connectivity index (χ1) is 10.0. The van der Waals surface area contributed by atoms with Crippen LogP contribution in [-0.4, -0.2) is 19.0 Å². The van der Waals surface area contributed by atoms with E-state index in [1.165, 1.54) is 43.5 Å². The highest BCUT2D eigenvalue weighted by Crippen LogP contribution is 2.20. The second-order valence-corrected chi connectivity index (χ2v) is 4.58. The fourth-order valence-corrected chi connectivity index (χ4v) is 1.84. The van der Waals surface area contributed by atoms with Gasteiger partial charge in [0.25, 0.3) is 5.91 Å². The fourth-order valence-electron chi connectivity index (χ4n) is 1.66. The minimum Gasteiger partial charge on any atom is -0.465 e. The zero-order chi connectivity index (χ0) is 15.4. The number of halogens is 2. The number of rotatable bonds is 3. The number of benzene rings is 2. The maximum Gasteiger partial charge on any atom is 0.337 e. The number of hydrogen-bond donors (Lipinski definition) is 1. The van der Waals surface area contributed by atoms with Crippen LogP contribution in [0.25, 0.3) is 0 Å². The zero-order valence-electron chi connectivity index (χ0n) is 11.0. The van der Waals surface area contributed by atoms with Gasteiger partial charge in [0.15, 0.2) is 0 Å². The Morgan fingerprint density at radius 2 is 1.71 bits per heavy atom. The van der Waals surface area contributed by atoms with Crippen molar-refractivity contribution in [2.24, 2.45) is 0 Å². The van der Waals surface area contributed by atoms with E-state index in [-0.39, 0.29) is 11.3 Å². The summed E-state index contributed by atoms with van der Waals surface area (Å²) in [6.45, 7) is 0. The van der Waals surface area contributed by atoms with E-state index in [2.05, 4.69) is 10.1 Å². The van der Waals surface area contributed by atoms with Crippen molar-refractivity contribution in [1.29, 1.82) is 0 Å². The average Bonchev–Trinajstić information content (AvgIpc) is 2.50. The minimum absolute atomic E-state index is 0.00968. The molecule has 0 aliphatic heterocycles. The van der Waals surface area contributed by atoms with Crippen LogP contribution >= 0.6 is 11.6 Å². The van der Waals surface area contributed by atoms with E-state index in [1.54, 1.807) is 0 Å². The summed E-state index contributed by atoms with van der Waals surface area (Å²) in [7, 11) is 1.27. The highest BCUT2D eigenvalue weighted by atomic mass is 35.5. The van der Waals surface area contributed by atoms with E-state index >= 15 is 0 Å². The van der Waals surface area contributed by atoms with Crippen LogP contribution in [0.5, 0.6) is 0 Å². The Bertz CT molecular complexity index is 686. The van der Waals surface area contributed by atoms with Crippen molar-refractivity contribution in [3.63, 3.8) is 0 Å². The molecule has 0 aliphatic carbocycles. The van der Waals surface area contributed by atoms with Crippen LogP contribution < -0.4 is 5.32 Å². The minimum atomic E-state index is -0.584. The van der Waals surface area contributed by atoms with Crippen LogP contribution in [0.3, 0.4) is 0 Å². The summed E-state index contributed by atoms with van der Waals surface area (Å²) in [4.78, 5) is 23.3. The van der Waals surface area contributed by atoms with Gasteiger partial charge in [0.2, 0.25) is 0 Å². The SMILES string of the molecule is COC(=O)c1ccc(C(=O)Nc2cc(Cl)ccc2F)cc1. The highest BCUT2D eigenvalue weighted by Gasteiger charge is 2.11. The summed E-state index contributed by atoms with van der Waals surface area (Å²) in [6.07, 6.45) is 0. The first-order valence-corrected chi connectivity index (χ1v) is 6.34. The number of methoxy groups -OCH3 is 1. The Morgan fingerprint density at radius 1 is 1.10 bits per heavy atom. The van der Waals surface area contributed by atoms with Crippen LogP contribution in [0.2, 0.25) is 5.02 Å². The lowest BCUT2D eigenvalue weighted by Crippen LogP contribution is -2.13.